The summed E-state index contributed by atoms with van der Waals surface area (Å²) in [5.41, 5.74) is 3.53. The van der Waals surface area contributed by atoms with Crippen molar-refractivity contribution in [2.24, 2.45) is 0 Å². The Morgan fingerprint density at radius 1 is 1.32 bits per heavy atom. The molecule has 1 N–H and O–H groups in total. The predicted molar refractivity (Wildman–Crippen MR) is 73.5 cm³/mol. The van der Waals surface area contributed by atoms with Crippen molar-refractivity contribution in [2.75, 3.05) is 13.1 Å². The van der Waals surface area contributed by atoms with Crippen molar-refractivity contribution in [1.82, 2.24) is 9.88 Å². The first-order valence-corrected chi connectivity index (χ1v) is 6.29. The second-order valence-electron chi connectivity index (χ2n) is 4.63. The van der Waals surface area contributed by atoms with Gasteiger partial charge in [-0.25, -0.2) is 0 Å². The fraction of sp³-hybridized carbons (Fsp3) is 0.200. The maximum Gasteiger partial charge on any atom is 0.286 e. The summed E-state index contributed by atoms with van der Waals surface area (Å²) in [6.45, 7) is 1.11. The molecule has 1 aromatic heterocycles. The van der Waals surface area contributed by atoms with Crippen molar-refractivity contribution in [3.8, 4) is 0 Å². The Hall–Kier alpha value is -2.36. The minimum Gasteiger partial charge on any atom is -0.361 e. The van der Waals surface area contributed by atoms with Crippen LogP contribution in [0.4, 0.5) is 0 Å². The maximum atomic E-state index is 11.3. The minimum atomic E-state index is -0.436. The standard InChI is InChI=1S/C15H14N2O2/c18-10-15(19)17-7-5-11(6-8-17)13-9-16-14-4-2-1-3-12(13)14/h1-5,9-10,16H,6-8H2. The summed E-state index contributed by atoms with van der Waals surface area (Å²) in [4.78, 5) is 26.6. The molecule has 2 aromatic rings. The Kier molecular flexibility index (Phi) is 2.91. The maximum absolute atomic E-state index is 11.3. The Morgan fingerprint density at radius 2 is 2.16 bits per heavy atom. The van der Waals surface area contributed by atoms with E-state index in [1.807, 2.05) is 30.5 Å². The lowest BCUT2D eigenvalue weighted by Crippen LogP contribution is -2.35. The van der Waals surface area contributed by atoms with Crippen LogP contribution in [0.1, 0.15) is 12.0 Å². The zero-order chi connectivity index (χ0) is 13.2. The van der Waals surface area contributed by atoms with E-state index in [2.05, 4.69) is 11.1 Å². The first-order chi connectivity index (χ1) is 9.29. The van der Waals surface area contributed by atoms with Crippen molar-refractivity contribution < 1.29 is 9.59 Å². The summed E-state index contributed by atoms with van der Waals surface area (Å²) in [7, 11) is 0. The van der Waals surface area contributed by atoms with Crippen LogP contribution >= 0.6 is 0 Å². The third kappa shape index (κ3) is 2.05. The number of fused-ring (bicyclic) bond motifs is 1. The van der Waals surface area contributed by atoms with E-state index < -0.39 is 5.91 Å². The molecule has 1 aliphatic rings. The molecule has 19 heavy (non-hydrogen) atoms. The van der Waals surface area contributed by atoms with Crippen LogP contribution in [0.3, 0.4) is 0 Å². The number of rotatable bonds is 2. The number of aldehydes is 1. The van der Waals surface area contributed by atoms with Crippen LogP contribution in [0.2, 0.25) is 0 Å². The molecule has 1 aliphatic heterocycles. The van der Waals surface area contributed by atoms with Gasteiger partial charge in [0.05, 0.1) is 0 Å². The van der Waals surface area contributed by atoms with E-state index in [0.717, 1.165) is 11.9 Å². The van der Waals surface area contributed by atoms with Gasteiger partial charge in [-0.1, -0.05) is 24.3 Å². The molecule has 4 nitrogen and oxygen atoms in total. The van der Waals surface area contributed by atoms with Gasteiger partial charge in [-0.3, -0.25) is 9.59 Å². The van der Waals surface area contributed by atoms with Gasteiger partial charge in [-0.2, -0.15) is 0 Å². The van der Waals surface area contributed by atoms with Crippen molar-refractivity contribution in [3.05, 3.63) is 42.1 Å². The predicted octanol–water partition coefficient (Wildman–Crippen LogP) is 1.98. The van der Waals surface area contributed by atoms with Gasteiger partial charge >= 0.3 is 0 Å². The monoisotopic (exact) mass is 254 g/mol. The molecular weight excluding hydrogens is 240 g/mol. The zero-order valence-corrected chi connectivity index (χ0v) is 10.4. The van der Waals surface area contributed by atoms with E-state index in [-0.39, 0.29) is 0 Å². The molecule has 0 saturated heterocycles. The number of H-pyrrole nitrogens is 1. The van der Waals surface area contributed by atoms with Crippen molar-refractivity contribution >= 4 is 28.7 Å². The molecule has 0 spiro atoms. The highest BCUT2D eigenvalue weighted by atomic mass is 16.2. The van der Waals surface area contributed by atoms with Crippen LogP contribution < -0.4 is 0 Å². The van der Waals surface area contributed by atoms with E-state index in [0.29, 0.717) is 19.4 Å². The average molecular weight is 254 g/mol. The number of carbonyl (C=O) groups is 2. The summed E-state index contributed by atoms with van der Waals surface area (Å²) in [6.07, 6.45) is 5.19. The van der Waals surface area contributed by atoms with Gasteiger partial charge in [0.1, 0.15) is 0 Å². The number of nitrogens with one attached hydrogen (secondary N) is 1. The summed E-state index contributed by atoms with van der Waals surface area (Å²) in [6, 6.07) is 8.16. The highest BCUT2D eigenvalue weighted by molar-refractivity contribution is 6.23. The van der Waals surface area contributed by atoms with Crippen molar-refractivity contribution in [2.45, 2.75) is 6.42 Å². The fourth-order valence-corrected chi connectivity index (χ4v) is 2.53. The number of hydrogen-bond donors (Lipinski definition) is 1. The molecule has 0 fully saturated rings. The van der Waals surface area contributed by atoms with Gasteiger partial charge in [0.2, 0.25) is 6.29 Å². The second-order valence-corrected chi connectivity index (χ2v) is 4.63. The van der Waals surface area contributed by atoms with Crippen LogP contribution in [0, 0.1) is 0 Å². The van der Waals surface area contributed by atoms with Crippen molar-refractivity contribution in [1.29, 1.82) is 0 Å². The van der Waals surface area contributed by atoms with E-state index in [1.54, 1.807) is 4.90 Å². The summed E-state index contributed by atoms with van der Waals surface area (Å²) < 4.78 is 0. The minimum absolute atomic E-state index is 0.379. The lowest BCUT2D eigenvalue weighted by molar-refractivity contribution is -0.138. The molecule has 0 saturated carbocycles. The van der Waals surface area contributed by atoms with Crippen LogP contribution in [0.25, 0.3) is 16.5 Å². The molecule has 0 bridgehead atoms. The van der Waals surface area contributed by atoms with Gasteiger partial charge in [0, 0.05) is 35.8 Å². The van der Waals surface area contributed by atoms with Crippen molar-refractivity contribution in [3.63, 3.8) is 0 Å². The molecule has 0 aliphatic carbocycles. The normalized spacial score (nSPS) is 15.4. The number of nitrogens with zero attached hydrogens (tertiary/aromatic N) is 1. The summed E-state index contributed by atoms with van der Waals surface area (Å²) >= 11 is 0. The Morgan fingerprint density at radius 3 is 2.89 bits per heavy atom. The highest BCUT2D eigenvalue weighted by Crippen LogP contribution is 2.28. The first kappa shape index (κ1) is 11.7. The quantitative estimate of drug-likeness (QED) is 0.658. The largest absolute Gasteiger partial charge is 0.361 e. The molecule has 2 heterocycles. The molecule has 96 valence electrons. The average Bonchev–Trinajstić information content (AvgIpc) is 2.90. The lowest BCUT2D eigenvalue weighted by atomic mass is 9.99. The molecule has 0 unspecified atom stereocenters. The number of carbonyl (C=O) groups excluding carboxylic acids is 2. The molecule has 1 amide bonds. The number of para-hydroxylation sites is 1. The first-order valence-electron chi connectivity index (χ1n) is 6.29. The molecule has 3 rings (SSSR count). The van der Waals surface area contributed by atoms with Crippen LogP contribution in [-0.2, 0) is 9.59 Å². The summed E-state index contributed by atoms with van der Waals surface area (Å²) in [5, 5.41) is 1.20. The summed E-state index contributed by atoms with van der Waals surface area (Å²) in [5.74, 6) is -0.436. The SMILES string of the molecule is O=CC(=O)N1CC=C(c2c[nH]c3ccccc23)CC1. The smallest absolute Gasteiger partial charge is 0.286 e. The Labute approximate surface area is 110 Å². The number of aromatic nitrogens is 1. The van der Waals surface area contributed by atoms with E-state index in [1.165, 1.54) is 16.5 Å². The zero-order valence-electron chi connectivity index (χ0n) is 10.4. The van der Waals surface area contributed by atoms with Gasteiger partial charge in [-0.15, -0.1) is 0 Å². The molecule has 0 atom stereocenters. The number of amides is 1. The van der Waals surface area contributed by atoms with E-state index in [9.17, 15) is 9.59 Å². The van der Waals surface area contributed by atoms with E-state index in [4.69, 9.17) is 0 Å². The number of aromatic amines is 1. The number of hydrogen-bond acceptors (Lipinski definition) is 2. The van der Waals surface area contributed by atoms with Crippen LogP contribution in [0.15, 0.2) is 36.5 Å². The number of benzene rings is 1. The Balaban J connectivity index is 1.90. The molecule has 4 heteroatoms. The third-order valence-electron chi connectivity index (χ3n) is 3.56. The third-order valence-corrected chi connectivity index (χ3v) is 3.56. The molecule has 1 aromatic carbocycles. The van der Waals surface area contributed by atoms with Gasteiger partial charge in [0.25, 0.3) is 5.91 Å². The van der Waals surface area contributed by atoms with E-state index >= 15 is 0 Å². The molecular formula is C15H14N2O2. The van der Waals surface area contributed by atoms with Crippen LogP contribution in [-0.4, -0.2) is 35.2 Å². The highest BCUT2D eigenvalue weighted by Gasteiger charge is 2.18. The van der Waals surface area contributed by atoms with Crippen LogP contribution in [0.5, 0.6) is 0 Å². The Bertz CT molecular complexity index is 670. The second kappa shape index (κ2) is 4.72. The molecule has 0 radical (unpaired) electrons. The topological polar surface area (TPSA) is 53.2 Å². The van der Waals surface area contributed by atoms with Gasteiger partial charge in [-0.05, 0) is 18.1 Å². The fourth-order valence-electron chi connectivity index (χ4n) is 2.53. The van der Waals surface area contributed by atoms with Gasteiger partial charge < -0.3 is 9.88 Å². The van der Waals surface area contributed by atoms with Gasteiger partial charge in [0.15, 0.2) is 0 Å². The lowest BCUT2D eigenvalue weighted by Gasteiger charge is -2.24.